The van der Waals surface area contributed by atoms with Gasteiger partial charge >= 0.3 is 0 Å². The standard InChI is InChI=1S/C30H35BrN6O3/c1-4-36-19-25(20-37(36)5-2)32-17-21-6-10-23(11-7-21)29(38)34-28-15-12-24(31)16-27(28)30(39)35-33-18-22-8-13-26(40-3)14-9-22/h6-16,18,25,32H,4-5,17,19-20H2,1-3H3,(H,34,38)(H,35,39). The summed E-state index contributed by atoms with van der Waals surface area (Å²) >= 11 is 3.40. The van der Waals surface area contributed by atoms with E-state index in [4.69, 9.17) is 4.74 Å². The van der Waals surface area contributed by atoms with Crippen LogP contribution in [0.25, 0.3) is 0 Å². The van der Waals surface area contributed by atoms with Gasteiger partial charge in [-0.05, 0) is 65.7 Å². The van der Waals surface area contributed by atoms with Gasteiger partial charge in [0.2, 0.25) is 0 Å². The fraction of sp³-hybridized carbons (Fsp3) is 0.300. The normalized spacial score (nSPS) is 14.5. The summed E-state index contributed by atoms with van der Waals surface area (Å²) in [5.74, 6) is -0.0124. The third-order valence-corrected chi connectivity index (χ3v) is 7.27. The summed E-state index contributed by atoms with van der Waals surface area (Å²) in [7, 11) is 1.60. The highest BCUT2D eigenvalue weighted by atomic mass is 79.9. The third-order valence-electron chi connectivity index (χ3n) is 6.77. The van der Waals surface area contributed by atoms with E-state index in [-0.39, 0.29) is 11.5 Å². The number of methoxy groups -OCH3 is 1. The quantitative estimate of drug-likeness (QED) is 0.219. The lowest BCUT2D eigenvalue weighted by atomic mass is 10.1. The fourth-order valence-corrected chi connectivity index (χ4v) is 4.91. The maximum atomic E-state index is 13.0. The minimum atomic E-state index is -0.446. The molecule has 3 aromatic rings. The first kappa shape index (κ1) is 29.4. The van der Waals surface area contributed by atoms with Crippen molar-refractivity contribution in [2.45, 2.75) is 26.4 Å². The van der Waals surface area contributed by atoms with Crippen molar-refractivity contribution < 1.29 is 14.3 Å². The summed E-state index contributed by atoms with van der Waals surface area (Å²) in [5.41, 5.74) is 5.61. The molecule has 1 aliphatic heterocycles. The van der Waals surface area contributed by atoms with Crippen molar-refractivity contribution in [2.75, 3.05) is 38.6 Å². The van der Waals surface area contributed by atoms with Gasteiger partial charge in [-0.1, -0.05) is 41.9 Å². The number of anilines is 1. The summed E-state index contributed by atoms with van der Waals surface area (Å²) in [4.78, 5) is 25.9. The van der Waals surface area contributed by atoms with Crippen LogP contribution >= 0.6 is 15.9 Å². The Bertz CT molecular complexity index is 1320. The van der Waals surface area contributed by atoms with Crippen LogP contribution in [-0.4, -0.2) is 67.4 Å². The van der Waals surface area contributed by atoms with Gasteiger partial charge in [-0.2, -0.15) is 5.10 Å². The van der Waals surface area contributed by atoms with Crippen LogP contribution in [0.2, 0.25) is 0 Å². The zero-order chi connectivity index (χ0) is 28.5. The second-order valence-electron chi connectivity index (χ2n) is 9.40. The maximum absolute atomic E-state index is 13.0. The van der Waals surface area contributed by atoms with E-state index in [1.807, 2.05) is 36.4 Å². The van der Waals surface area contributed by atoms with E-state index in [0.717, 1.165) is 49.6 Å². The number of carbonyl (C=O) groups excluding carboxylic acids is 2. The molecule has 0 bridgehead atoms. The number of benzene rings is 3. The second-order valence-corrected chi connectivity index (χ2v) is 10.3. The molecule has 0 spiro atoms. The van der Waals surface area contributed by atoms with Gasteiger partial charge < -0.3 is 15.4 Å². The lowest BCUT2D eigenvalue weighted by Crippen LogP contribution is -2.35. The van der Waals surface area contributed by atoms with Crippen LogP contribution in [0.3, 0.4) is 0 Å². The van der Waals surface area contributed by atoms with Gasteiger partial charge in [0.25, 0.3) is 11.8 Å². The number of carbonyl (C=O) groups is 2. The number of hydrogen-bond donors (Lipinski definition) is 3. The van der Waals surface area contributed by atoms with Gasteiger partial charge in [-0.15, -0.1) is 0 Å². The molecule has 0 aliphatic carbocycles. The second kappa shape index (κ2) is 14.2. The summed E-state index contributed by atoms with van der Waals surface area (Å²) in [6.07, 6.45) is 1.54. The van der Waals surface area contributed by atoms with Gasteiger partial charge in [0.1, 0.15) is 5.75 Å². The Balaban J connectivity index is 1.35. The van der Waals surface area contributed by atoms with Crippen molar-refractivity contribution in [2.24, 2.45) is 5.10 Å². The molecule has 0 saturated carbocycles. The van der Waals surface area contributed by atoms with E-state index in [1.54, 1.807) is 37.4 Å². The van der Waals surface area contributed by atoms with Crippen LogP contribution in [0.5, 0.6) is 5.75 Å². The number of amides is 2. The van der Waals surface area contributed by atoms with Gasteiger partial charge in [-0.3, -0.25) is 9.59 Å². The number of rotatable bonds is 11. The predicted molar refractivity (Wildman–Crippen MR) is 162 cm³/mol. The molecule has 10 heteroatoms. The molecular formula is C30H35BrN6O3. The molecule has 40 heavy (non-hydrogen) atoms. The third kappa shape index (κ3) is 7.76. The van der Waals surface area contributed by atoms with Crippen LogP contribution < -0.4 is 20.8 Å². The fourth-order valence-electron chi connectivity index (χ4n) is 4.54. The van der Waals surface area contributed by atoms with Gasteiger partial charge in [0.05, 0.1) is 24.6 Å². The first-order valence-electron chi connectivity index (χ1n) is 13.3. The number of halogens is 1. The molecule has 210 valence electrons. The Morgan fingerprint density at radius 2 is 1.65 bits per heavy atom. The molecule has 0 atom stereocenters. The van der Waals surface area contributed by atoms with E-state index in [1.165, 1.54) is 6.21 Å². The highest BCUT2D eigenvalue weighted by molar-refractivity contribution is 9.10. The Hall–Kier alpha value is -3.57. The summed E-state index contributed by atoms with van der Waals surface area (Å²) in [6.45, 7) is 9.10. The highest BCUT2D eigenvalue weighted by Crippen LogP contribution is 2.22. The molecule has 1 aliphatic rings. The smallest absolute Gasteiger partial charge is 0.273 e. The lowest BCUT2D eigenvalue weighted by Gasteiger charge is -2.24. The molecule has 2 amide bonds. The molecule has 0 unspecified atom stereocenters. The Morgan fingerprint density at radius 3 is 2.27 bits per heavy atom. The Labute approximate surface area is 243 Å². The van der Waals surface area contributed by atoms with Crippen LogP contribution in [0.4, 0.5) is 5.69 Å². The zero-order valence-electron chi connectivity index (χ0n) is 23.0. The number of hydrogen-bond acceptors (Lipinski definition) is 7. The number of nitrogens with zero attached hydrogens (tertiary/aromatic N) is 3. The van der Waals surface area contributed by atoms with Crippen molar-refractivity contribution in [1.29, 1.82) is 0 Å². The largest absolute Gasteiger partial charge is 0.497 e. The minimum Gasteiger partial charge on any atom is -0.497 e. The summed E-state index contributed by atoms with van der Waals surface area (Å²) < 4.78 is 5.85. The predicted octanol–water partition coefficient (Wildman–Crippen LogP) is 4.50. The molecule has 9 nitrogen and oxygen atoms in total. The monoisotopic (exact) mass is 606 g/mol. The van der Waals surface area contributed by atoms with Crippen LogP contribution in [0.1, 0.15) is 45.7 Å². The van der Waals surface area contributed by atoms with Crippen molar-refractivity contribution >= 4 is 39.6 Å². The number of hydrazine groups is 1. The first-order valence-corrected chi connectivity index (χ1v) is 14.1. The molecule has 1 saturated heterocycles. The molecule has 4 rings (SSSR count). The van der Waals surface area contributed by atoms with E-state index < -0.39 is 5.91 Å². The van der Waals surface area contributed by atoms with Gasteiger partial charge in [0, 0.05) is 48.8 Å². The zero-order valence-corrected chi connectivity index (χ0v) is 24.6. The van der Waals surface area contributed by atoms with Crippen molar-refractivity contribution in [1.82, 2.24) is 20.8 Å². The molecular weight excluding hydrogens is 572 g/mol. The molecule has 3 N–H and O–H groups in total. The molecule has 1 heterocycles. The van der Waals surface area contributed by atoms with E-state index in [2.05, 4.69) is 61.0 Å². The highest BCUT2D eigenvalue weighted by Gasteiger charge is 2.27. The summed E-state index contributed by atoms with van der Waals surface area (Å²) in [6, 6.07) is 20.3. The van der Waals surface area contributed by atoms with Crippen molar-refractivity contribution in [3.8, 4) is 5.75 Å². The maximum Gasteiger partial charge on any atom is 0.273 e. The van der Waals surface area contributed by atoms with Crippen LogP contribution in [0.15, 0.2) is 76.3 Å². The van der Waals surface area contributed by atoms with Gasteiger partial charge in [-0.25, -0.2) is 15.4 Å². The van der Waals surface area contributed by atoms with Crippen molar-refractivity contribution in [3.63, 3.8) is 0 Å². The van der Waals surface area contributed by atoms with Gasteiger partial charge in [0.15, 0.2) is 0 Å². The average Bonchev–Trinajstić information content (AvgIpc) is 3.40. The van der Waals surface area contributed by atoms with Crippen LogP contribution in [-0.2, 0) is 6.54 Å². The molecule has 3 aromatic carbocycles. The lowest BCUT2D eigenvalue weighted by molar-refractivity contribution is 0.0388. The SMILES string of the molecule is CCN1CC(NCc2ccc(C(=O)Nc3ccc(Br)cc3C(=O)NN=Cc3ccc(OC)cc3)cc2)CN1CC. The van der Waals surface area contributed by atoms with Crippen LogP contribution in [0, 0.1) is 0 Å². The Kier molecular flexibility index (Phi) is 10.4. The molecule has 0 radical (unpaired) electrons. The summed E-state index contributed by atoms with van der Waals surface area (Å²) in [5, 5.41) is 15.3. The minimum absolute atomic E-state index is 0.286. The molecule has 0 aromatic heterocycles. The van der Waals surface area contributed by atoms with Crippen molar-refractivity contribution in [3.05, 3.63) is 93.5 Å². The number of hydrazone groups is 1. The Morgan fingerprint density at radius 1 is 0.975 bits per heavy atom. The first-order chi connectivity index (χ1) is 19.4. The van der Waals surface area contributed by atoms with E-state index in [0.29, 0.717) is 21.8 Å². The van der Waals surface area contributed by atoms with E-state index in [9.17, 15) is 9.59 Å². The van der Waals surface area contributed by atoms with E-state index >= 15 is 0 Å². The topological polar surface area (TPSA) is 98.3 Å². The number of nitrogens with one attached hydrogen (secondary N) is 3. The number of likely N-dealkylation sites (N-methyl/N-ethyl adjacent to an activating group) is 2. The average molecular weight is 608 g/mol. The molecule has 1 fully saturated rings. The number of ether oxygens (including phenoxy) is 1.